The Balaban J connectivity index is 1.40. The van der Waals surface area contributed by atoms with Crippen molar-refractivity contribution in [1.82, 2.24) is 19.7 Å². The summed E-state index contributed by atoms with van der Waals surface area (Å²) in [5.41, 5.74) is 1.91. The summed E-state index contributed by atoms with van der Waals surface area (Å²) in [7, 11) is 0. The van der Waals surface area contributed by atoms with Crippen LogP contribution in [0.2, 0.25) is 5.02 Å². The normalized spacial score (nSPS) is 11.0. The van der Waals surface area contributed by atoms with E-state index >= 15 is 0 Å². The molecule has 9 heteroatoms. The molecule has 0 aliphatic rings. The number of ether oxygens (including phenoxy) is 1. The number of benzene rings is 2. The van der Waals surface area contributed by atoms with Gasteiger partial charge in [-0.05, 0) is 37.3 Å². The maximum Gasteiger partial charge on any atom is 0.191 e. The minimum Gasteiger partial charge on any atom is -0.486 e. The number of aromatic nitrogens is 4. The van der Waals surface area contributed by atoms with E-state index in [4.69, 9.17) is 21.3 Å². The van der Waals surface area contributed by atoms with Crippen LogP contribution in [-0.2, 0) is 18.9 Å². The van der Waals surface area contributed by atoms with Crippen LogP contribution < -0.4 is 4.74 Å². The molecule has 2 aromatic carbocycles. The second kappa shape index (κ2) is 9.59. The standard InChI is InChI=1S/C21H18ClFN4OS2/c1-2-27-19(11-28-16-9-7-14(23)8-10-16)25-26-21(27)30-13-15-12-29-20(24-15)17-5-3-4-6-18(17)22/h3-10,12H,2,11,13H2,1H3. The van der Waals surface area contributed by atoms with Crippen molar-refractivity contribution in [2.75, 3.05) is 0 Å². The lowest BCUT2D eigenvalue weighted by molar-refractivity contribution is 0.288. The van der Waals surface area contributed by atoms with Gasteiger partial charge in [0.25, 0.3) is 0 Å². The molecule has 0 fully saturated rings. The fraction of sp³-hybridized carbons (Fsp3) is 0.190. The molecule has 0 N–H and O–H groups in total. The monoisotopic (exact) mass is 460 g/mol. The molecule has 5 nitrogen and oxygen atoms in total. The lowest BCUT2D eigenvalue weighted by Gasteiger charge is -2.08. The zero-order valence-electron chi connectivity index (χ0n) is 16.1. The molecule has 30 heavy (non-hydrogen) atoms. The van der Waals surface area contributed by atoms with Crippen LogP contribution >= 0.6 is 34.7 Å². The summed E-state index contributed by atoms with van der Waals surface area (Å²) in [6.07, 6.45) is 0. The molecule has 0 radical (unpaired) electrons. The van der Waals surface area contributed by atoms with Crippen molar-refractivity contribution in [3.63, 3.8) is 0 Å². The van der Waals surface area contributed by atoms with Crippen molar-refractivity contribution in [2.24, 2.45) is 0 Å². The minimum absolute atomic E-state index is 0.264. The lowest BCUT2D eigenvalue weighted by atomic mass is 10.2. The fourth-order valence-corrected chi connectivity index (χ4v) is 4.96. The third kappa shape index (κ3) is 4.83. The summed E-state index contributed by atoms with van der Waals surface area (Å²) in [4.78, 5) is 4.70. The Morgan fingerprint density at radius 1 is 1.13 bits per heavy atom. The van der Waals surface area contributed by atoms with Gasteiger partial charge in [-0.25, -0.2) is 9.37 Å². The molecule has 0 aliphatic heterocycles. The van der Waals surface area contributed by atoms with E-state index < -0.39 is 0 Å². The SMILES string of the molecule is CCn1c(COc2ccc(F)cc2)nnc1SCc1csc(-c2ccccc2Cl)n1. The maximum atomic E-state index is 13.0. The molecule has 2 heterocycles. The molecule has 0 saturated carbocycles. The van der Waals surface area contributed by atoms with Gasteiger partial charge < -0.3 is 9.30 Å². The lowest BCUT2D eigenvalue weighted by Crippen LogP contribution is -2.07. The van der Waals surface area contributed by atoms with E-state index in [1.54, 1.807) is 35.2 Å². The second-order valence-electron chi connectivity index (χ2n) is 6.30. The molecule has 0 saturated heterocycles. The van der Waals surface area contributed by atoms with Crippen molar-refractivity contribution >= 4 is 34.7 Å². The summed E-state index contributed by atoms with van der Waals surface area (Å²) in [5.74, 6) is 1.69. The highest BCUT2D eigenvalue weighted by molar-refractivity contribution is 7.98. The van der Waals surface area contributed by atoms with Crippen molar-refractivity contribution in [1.29, 1.82) is 0 Å². The first kappa shape index (κ1) is 20.8. The molecule has 0 atom stereocenters. The first-order chi connectivity index (χ1) is 14.6. The van der Waals surface area contributed by atoms with Gasteiger partial charge in [0.1, 0.15) is 23.2 Å². The Bertz CT molecular complexity index is 1130. The highest BCUT2D eigenvalue weighted by atomic mass is 35.5. The van der Waals surface area contributed by atoms with E-state index in [-0.39, 0.29) is 12.4 Å². The highest BCUT2D eigenvalue weighted by Gasteiger charge is 2.14. The van der Waals surface area contributed by atoms with Gasteiger partial charge in [-0.3, -0.25) is 0 Å². The highest BCUT2D eigenvalue weighted by Crippen LogP contribution is 2.32. The van der Waals surface area contributed by atoms with Crippen LogP contribution in [0.25, 0.3) is 10.6 Å². The van der Waals surface area contributed by atoms with E-state index in [0.29, 0.717) is 16.5 Å². The first-order valence-corrected chi connectivity index (χ1v) is 11.5. The molecule has 0 bridgehead atoms. The third-order valence-electron chi connectivity index (χ3n) is 4.30. The Morgan fingerprint density at radius 2 is 1.93 bits per heavy atom. The minimum atomic E-state index is -0.294. The van der Waals surface area contributed by atoms with Gasteiger partial charge in [0.05, 0.1) is 10.7 Å². The topological polar surface area (TPSA) is 52.8 Å². The summed E-state index contributed by atoms with van der Waals surface area (Å²) in [6, 6.07) is 13.6. The van der Waals surface area contributed by atoms with Gasteiger partial charge in [-0.2, -0.15) is 0 Å². The van der Waals surface area contributed by atoms with E-state index in [2.05, 4.69) is 10.2 Å². The Kier molecular flexibility index (Phi) is 6.66. The van der Waals surface area contributed by atoms with Crippen LogP contribution in [0.4, 0.5) is 4.39 Å². The molecular formula is C21H18ClFN4OS2. The van der Waals surface area contributed by atoms with Crippen LogP contribution in [0, 0.1) is 5.82 Å². The average molecular weight is 461 g/mol. The molecule has 154 valence electrons. The zero-order chi connectivity index (χ0) is 20.9. The number of hydrogen-bond acceptors (Lipinski definition) is 6. The number of nitrogens with zero attached hydrogens (tertiary/aromatic N) is 4. The van der Waals surface area contributed by atoms with Gasteiger partial charge in [-0.15, -0.1) is 21.5 Å². The van der Waals surface area contributed by atoms with Crippen molar-refractivity contribution in [3.05, 3.63) is 76.3 Å². The molecular weight excluding hydrogens is 443 g/mol. The summed E-state index contributed by atoms with van der Waals surface area (Å²) < 4.78 is 20.7. The zero-order valence-corrected chi connectivity index (χ0v) is 18.5. The second-order valence-corrected chi connectivity index (χ2v) is 8.51. The average Bonchev–Trinajstić information content (AvgIpc) is 3.38. The predicted molar refractivity (Wildman–Crippen MR) is 119 cm³/mol. The molecule has 4 aromatic rings. The van der Waals surface area contributed by atoms with E-state index in [0.717, 1.165) is 33.8 Å². The molecule has 0 aliphatic carbocycles. The van der Waals surface area contributed by atoms with Crippen LogP contribution in [0.3, 0.4) is 0 Å². The Labute approximate surface area is 186 Å². The molecule has 0 spiro atoms. The number of rotatable bonds is 8. The van der Waals surface area contributed by atoms with Gasteiger partial charge >= 0.3 is 0 Å². The Morgan fingerprint density at radius 3 is 2.70 bits per heavy atom. The van der Waals surface area contributed by atoms with Crippen LogP contribution in [0.5, 0.6) is 5.75 Å². The van der Waals surface area contributed by atoms with Crippen LogP contribution in [0.1, 0.15) is 18.4 Å². The smallest absolute Gasteiger partial charge is 0.191 e. The molecule has 4 rings (SSSR count). The van der Waals surface area contributed by atoms with E-state index in [1.165, 1.54) is 12.1 Å². The quantitative estimate of drug-likeness (QED) is 0.298. The van der Waals surface area contributed by atoms with E-state index in [9.17, 15) is 4.39 Å². The van der Waals surface area contributed by atoms with Gasteiger partial charge in [0.2, 0.25) is 0 Å². The number of halogens is 2. The largest absolute Gasteiger partial charge is 0.486 e. The van der Waals surface area contributed by atoms with Gasteiger partial charge in [0, 0.05) is 23.2 Å². The maximum absolute atomic E-state index is 13.0. The van der Waals surface area contributed by atoms with Gasteiger partial charge in [-0.1, -0.05) is 41.6 Å². The summed E-state index contributed by atoms with van der Waals surface area (Å²) in [5, 5.41) is 13.0. The summed E-state index contributed by atoms with van der Waals surface area (Å²) in [6.45, 7) is 3.02. The van der Waals surface area contributed by atoms with Crippen LogP contribution in [-0.4, -0.2) is 19.7 Å². The molecule has 2 aromatic heterocycles. The molecule has 0 unspecified atom stereocenters. The van der Waals surface area contributed by atoms with Gasteiger partial charge in [0.15, 0.2) is 11.0 Å². The first-order valence-electron chi connectivity index (χ1n) is 9.26. The summed E-state index contributed by atoms with van der Waals surface area (Å²) >= 11 is 9.43. The van der Waals surface area contributed by atoms with Crippen molar-refractivity contribution in [3.8, 4) is 16.3 Å². The molecule has 0 amide bonds. The number of hydrogen-bond donors (Lipinski definition) is 0. The predicted octanol–water partition coefficient (Wildman–Crippen LogP) is 6.09. The Hall–Kier alpha value is -2.42. The number of thioether (sulfide) groups is 1. The van der Waals surface area contributed by atoms with Crippen molar-refractivity contribution in [2.45, 2.75) is 31.0 Å². The van der Waals surface area contributed by atoms with Crippen LogP contribution in [0.15, 0.2) is 59.1 Å². The number of thiazole rings is 1. The fourth-order valence-electron chi connectivity index (χ4n) is 2.80. The van der Waals surface area contributed by atoms with E-state index in [1.807, 2.05) is 41.1 Å². The third-order valence-corrected chi connectivity index (χ3v) is 6.55. The van der Waals surface area contributed by atoms with Crippen molar-refractivity contribution < 1.29 is 9.13 Å².